The lowest BCUT2D eigenvalue weighted by Gasteiger charge is -2.13. The summed E-state index contributed by atoms with van der Waals surface area (Å²) in [5.41, 5.74) is 10.7. The lowest BCUT2D eigenvalue weighted by atomic mass is 10.1. The largest absolute Gasteiger partial charge is 0.370 e. The Hall–Kier alpha value is -1.24. The fourth-order valence-electron chi connectivity index (χ4n) is 1.20. The molecule has 0 aliphatic rings. The number of hydrogen-bond acceptors (Lipinski definition) is 3. The highest BCUT2D eigenvalue weighted by Gasteiger charge is 2.15. The summed E-state index contributed by atoms with van der Waals surface area (Å²) in [5, 5.41) is -0.000856. The fraction of sp³-hybridized carbons (Fsp3) is 0.300. The van der Waals surface area contributed by atoms with Crippen molar-refractivity contribution in [3.05, 3.63) is 34.4 Å². The molecule has 1 unspecified atom stereocenters. The maximum absolute atomic E-state index is 13.0. The van der Waals surface area contributed by atoms with E-state index >= 15 is 0 Å². The second kappa shape index (κ2) is 5.90. The molecule has 0 saturated heterocycles. The van der Waals surface area contributed by atoms with Crippen molar-refractivity contribution in [2.75, 3.05) is 13.2 Å². The smallest absolute Gasteiger partial charge is 0.243 e. The van der Waals surface area contributed by atoms with Gasteiger partial charge in [0.1, 0.15) is 6.61 Å². The Kier molecular flexibility index (Phi) is 4.80. The van der Waals surface area contributed by atoms with Gasteiger partial charge in [-0.25, -0.2) is 8.78 Å². The van der Waals surface area contributed by atoms with Crippen molar-refractivity contribution < 1.29 is 18.3 Å². The molecule has 0 fully saturated rings. The molecule has 1 aromatic rings. The molecule has 0 saturated carbocycles. The third-order valence-corrected chi connectivity index (χ3v) is 2.31. The number of nitrogens with two attached hydrogens (primary N) is 2. The van der Waals surface area contributed by atoms with Crippen molar-refractivity contribution in [1.29, 1.82) is 0 Å². The van der Waals surface area contributed by atoms with Crippen LogP contribution in [0.4, 0.5) is 8.78 Å². The van der Waals surface area contributed by atoms with Crippen LogP contribution in [0.3, 0.4) is 0 Å². The van der Waals surface area contributed by atoms with Gasteiger partial charge in [0.2, 0.25) is 5.91 Å². The van der Waals surface area contributed by atoms with E-state index in [0.717, 1.165) is 12.1 Å². The van der Waals surface area contributed by atoms with E-state index in [1.165, 1.54) is 0 Å². The normalized spacial score (nSPS) is 12.5. The van der Waals surface area contributed by atoms with Gasteiger partial charge in [-0.3, -0.25) is 4.79 Å². The van der Waals surface area contributed by atoms with E-state index in [1.54, 1.807) is 0 Å². The van der Waals surface area contributed by atoms with Crippen LogP contribution in [0.5, 0.6) is 0 Å². The van der Waals surface area contributed by atoms with Crippen LogP contribution in [0.1, 0.15) is 11.6 Å². The third kappa shape index (κ3) is 3.92. The average Bonchev–Trinajstić information content (AvgIpc) is 2.22. The average molecular weight is 265 g/mol. The summed E-state index contributed by atoms with van der Waals surface area (Å²) >= 11 is 5.70. The predicted octanol–water partition coefficient (Wildman–Crippen LogP) is 1.12. The first-order valence-electron chi connectivity index (χ1n) is 4.68. The summed E-state index contributed by atoms with van der Waals surface area (Å²) < 4.78 is 30.6. The van der Waals surface area contributed by atoms with Crippen molar-refractivity contribution >= 4 is 17.5 Å². The van der Waals surface area contributed by atoms with Gasteiger partial charge in [-0.15, -0.1) is 0 Å². The molecular weight excluding hydrogens is 254 g/mol. The van der Waals surface area contributed by atoms with Gasteiger partial charge in [-0.05, 0) is 17.7 Å². The first kappa shape index (κ1) is 13.8. The zero-order valence-corrected chi connectivity index (χ0v) is 9.51. The minimum Gasteiger partial charge on any atom is -0.370 e. The number of primary amides is 1. The minimum atomic E-state index is -1.05. The monoisotopic (exact) mass is 264 g/mol. The van der Waals surface area contributed by atoms with Crippen molar-refractivity contribution in [1.82, 2.24) is 0 Å². The molecule has 0 aliphatic carbocycles. The molecule has 0 spiro atoms. The number of benzene rings is 1. The van der Waals surface area contributed by atoms with Crippen LogP contribution in [0, 0.1) is 11.6 Å². The Morgan fingerprint density at radius 3 is 2.59 bits per heavy atom. The molecule has 0 heterocycles. The highest BCUT2D eigenvalue weighted by molar-refractivity contribution is 6.31. The van der Waals surface area contributed by atoms with Crippen LogP contribution in [-0.2, 0) is 9.53 Å². The Labute approximate surface area is 101 Å². The SMILES string of the molecule is NC(=O)COCC(N)c1cc(F)c(F)cc1Cl. The second-order valence-electron chi connectivity index (χ2n) is 3.38. The van der Waals surface area contributed by atoms with E-state index in [4.69, 9.17) is 27.8 Å². The highest BCUT2D eigenvalue weighted by atomic mass is 35.5. The lowest BCUT2D eigenvalue weighted by molar-refractivity contribution is -0.122. The molecule has 0 aliphatic heterocycles. The summed E-state index contributed by atoms with van der Waals surface area (Å²) in [6.45, 7) is -0.372. The Balaban J connectivity index is 2.71. The molecular formula is C10H11ClF2N2O2. The number of rotatable bonds is 5. The van der Waals surface area contributed by atoms with Gasteiger partial charge in [0.15, 0.2) is 11.6 Å². The van der Waals surface area contributed by atoms with E-state index in [0.29, 0.717) is 0 Å². The summed E-state index contributed by atoms with van der Waals surface area (Å²) in [4.78, 5) is 10.4. The van der Waals surface area contributed by atoms with Crippen LogP contribution in [0.15, 0.2) is 12.1 Å². The van der Waals surface area contributed by atoms with Crippen molar-refractivity contribution in [2.24, 2.45) is 11.5 Å². The number of carbonyl (C=O) groups excluding carboxylic acids is 1. The molecule has 4 nitrogen and oxygen atoms in total. The van der Waals surface area contributed by atoms with Crippen molar-refractivity contribution in [2.45, 2.75) is 6.04 Å². The van der Waals surface area contributed by atoms with Crippen LogP contribution < -0.4 is 11.5 Å². The number of hydrogen-bond donors (Lipinski definition) is 2. The molecule has 1 aromatic carbocycles. The maximum atomic E-state index is 13.0. The van der Waals surface area contributed by atoms with Crippen molar-refractivity contribution in [3.8, 4) is 0 Å². The summed E-state index contributed by atoms with van der Waals surface area (Å²) in [6, 6.07) is 0.966. The van der Waals surface area contributed by atoms with E-state index in [9.17, 15) is 13.6 Å². The molecule has 0 bridgehead atoms. The molecule has 0 aromatic heterocycles. The van der Waals surface area contributed by atoms with Gasteiger partial charge in [0, 0.05) is 5.02 Å². The zero-order valence-electron chi connectivity index (χ0n) is 8.75. The summed E-state index contributed by atoms with van der Waals surface area (Å²) in [6.07, 6.45) is 0. The predicted molar refractivity (Wildman–Crippen MR) is 58.3 cm³/mol. The summed E-state index contributed by atoms with van der Waals surface area (Å²) in [5.74, 6) is -2.74. The van der Waals surface area contributed by atoms with Gasteiger partial charge >= 0.3 is 0 Å². The minimum absolute atomic E-state index is 0.000856. The van der Waals surface area contributed by atoms with Gasteiger partial charge in [-0.2, -0.15) is 0 Å². The fourth-order valence-corrected chi connectivity index (χ4v) is 1.49. The molecule has 7 heteroatoms. The topological polar surface area (TPSA) is 78.3 Å². The number of amides is 1. The molecule has 1 rings (SSSR count). The molecule has 1 amide bonds. The number of carbonyl (C=O) groups is 1. The summed E-state index contributed by atoms with van der Waals surface area (Å²) in [7, 11) is 0. The van der Waals surface area contributed by atoms with Crippen LogP contribution in [0.2, 0.25) is 5.02 Å². The number of halogens is 3. The molecule has 17 heavy (non-hydrogen) atoms. The quantitative estimate of drug-likeness (QED) is 0.782. The van der Waals surface area contributed by atoms with E-state index in [2.05, 4.69) is 0 Å². The van der Waals surface area contributed by atoms with Gasteiger partial charge < -0.3 is 16.2 Å². The van der Waals surface area contributed by atoms with E-state index in [-0.39, 0.29) is 23.8 Å². The molecule has 1 atom stereocenters. The van der Waals surface area contributed by atoms with Crippen molar-refractivity contribution in [3.63, 3.8) is 0 Å². The first-order chi connectivity index (χ1) is 7.91. The van der Waals surface area contributed by atoms with Gasteiger partial charge in [-0.1, -0.05) is 11.6 Å². The Bertz CT molecular complexity index is 429. The lowest BCUT2D eigenvalue weighted by Crippen LogP contribution is -2.23. The maximum Gasteiger partial charge on any atom is 0.243 e. The van der Waals surface area contributed by atoms with Gasteiger partial charge in [0.05, 0.1) is 12.6 Å². The second-order valence-corrected chi connectivity index (χ2v) is 3.78. The van der Waals surface area contributed by atoms with Crippen LogP contribution in [-0.4, -0.2) is 19.1 Å². The Morgan fingerprint density at radius 2 is 2.00 bits per heavy atom. The highest BCUT2D eigenvalue weighted by Crippen LogP contribution is 2.24. The van der Waals surface area contributed by atoms with E-state index < -0.39 is 23.6 Å². The van der Waals surface area contributed by atoms with Crippen LogP contribution >= 0.6 is 11.6 Å². The first-order valence-corrected chi connectivity index (χ1v) is 5.05. The molecule has 94 valence electrons. The van der Waals surface area contributed by atoms with E-state index in [1.807, 2.05) is 0 Å². The third-order valence-electron chi connectivity index (χ3n) is 1.98. The molecule has 0 radical (unpaired) electrons. The zero-order chi connectivity index (χ0) is 13.0. The van der Waals surface area contributed by atoms with Gasteiger partial charge in [0.25, 0.3) is 0 Å². The Morgan fingerprint density at radius 1 is 1.41 bits per heavy atom. The standard InChI is InChI=1S/C10H11ClF2N2O2/c11-6-2-8(13)7(12)1-5(6)9(14)3-17-4-10(15)16/h1-2,9H,3-4,14H2,(H2,15,16). The number of ether oxygens (including phenoxy) is 1. The van der Waals surface area contributed by atoms with Crippen LogP contribution in [0.25, 0.3) is 0 Å². The molecule has 4 N–H and O–H groups in total.